The molecule has 1 unspecified atom stereocenters. The summed E-state index contributed by atoms with van der Waals surface area (Å²) in [7, 11) is 1.66. The largest absolute Gasteiger partial charge is 0.497 e. The number of fused-ring (bicyclic) bond motifs is 3. The smallest absolute Gasteiger partial charge is 0.226 e. The van der Waals surface area contributed by atoms with Gasteiger partial charge in [0.25, 0.3) is 0 Å². The Morgan fingerprint density at radius 2 is 1.82 bits per heavy atom. The van der Waals surface area contributed by atoms with Crippen molar-refractivity contribution in [2.45, 2.75) is 25.8 Å². The van der Waals surface area contributed by atoms with Gasteiger partial charge in [-0.25, -0.2) is 9.38 Å². The Kier molecular flexibility index (Phi) is 4.67. The van der Waals surface area contributed by atoms with Gasteiger partial charge in [0.15, 0.2) is 11.5 Å². The second-order valence-corrected chi connectivity index (χ2v) is 8.94. The van der Waals surface area contributed by atoms with Crippen LogP contribution in [-0.2, 0) is 4.79 Å². The lowest BCUT2D eigenvalue weighted by molar-refractivity contribution is -0.134. The summed E-state index contributed by atoms with van der Waals surface area (Å²) in [5, 5.41) is 10.1. The van der Waals surface area contributed by atoms with Gasteiger partial charge in [-0.05, 0) is 56.2 Å². The summed E-state index contributed by atoms with van der Waals surface area (Å²) in [6.45, 7) is 4.27. The molecule has 2 aliphatic rings. The monoisotopic (exact) mass is 442 g/mol. The van der Waals surface area contributed by atoms with Crippen LogP contribution in [0, 0.1) is 5.92 Å². The van der Waals surface area contributed by atoms with Gasteiger partial charge in [-0.3, -0.25) is 4.79 Å². The quantitative estimate of drug-likeness (QED) is 0.482. The Morgan fingerprint density at radius 1 is 1.03 bits per heavy atom. The van der Waals surface area contributed by atoms with E-state index in [1.807, 2.05) is 53.4 Å². The molecule has 1 atom stereocenters. The molecule has 168 valence electrons. The van der Waals surface area contributed by atoms with Crippen LogP contribution >= 0.6 is 0 Å². The van der Waals surface area contributed by atoms with Gasteiger partial charge in [-0.1, -0.05) is 12.1 Å². The van der Waals surface area contributed by atoms with Crippen molar-refractivity contribution < 1.29 is 9.53 Å². The fourth-order valence-corrected chi connectivity index (χ4v) is 4.74. The van der Waals surface area contributed by atoms with Crippen molar-refractivity contribution in [1.29, 1.82) is 0 Å². The number of hydrogen-bond acceptors (Lipinski definition) is 6. The second-order valence-electron chi connectivity index (χ2n) is 8.94. The lowest BCUT2D eigenvalue weighted by atomic mass is 10.1. The first-order chi connectivity index (χ1) is 16.1. The van der Waals surface area contributed by atoms with Gasteiger partial charge in [-0.15, -0.1) is 10.2 Å². The molecule has 2 fully saturated rings. The van der Waals surface area contributed by atoms with E-state index in [0.717, 1.165) is 65.6 Å². The number of carbonyl (C=O) groups excluding carboxylic acids is 1. The normalized spacial score (nSPS) is 18.8. The highest BCUT2D eigenvalue weighted by Gasteiger charge is 2.38. The summed E-state index contributed by atoms with van der Waals surface area (Å²) in [5.74, 6) is 2.89. The molecular weight excluding hydrogens is 416 g/mol. The molecule has 3 heterocycles. The number of para-hydroxylation sites is 1. The first kappa shape index (κ1) is 20.0. The third-order valence-corrected chi connectivity index (χ3v) is 6.70. The maximum absolute atomic E-state index is 12.7. The molecule has 8 heteroatoms. The summed E-state index contributed by atoms with van der Waals surface area (Å²) < 4.78 is 7.37. The number of ether oxygens (including phenoxy) is 1. The molecular formula is C25H26N6O2. The minimum Gasteiger partial charge on any atom is -0.497 e. The zero-order valence-electron chi connectivity index (χ0n) is 18.8. The summed E-state index contributed by atoms with van der Waals surface area (Å²) in [4.78, 5) is 22.1. The average Bonchev–Trinajstić information content (AvgIpc) is 3.61. The maximum Gasteiger partial charge on any atom is 0.226 e. The standard InChI is InChI=1S/C25H26N6O2/c1-16-15-29(13-14-30(16)24(32)18-7-8-18)25-26-21-6-4-3-5-20(21)23-28-27-22(31(23)25)17-9-11-19(33-2)12-10-17/h3-6,9-12,16,18H,7-8,13-15H2,1-2H3. The molecule has 4 aromatic rings. The third kappa shape index (κ3) is 3.37. The van der Waals surface area contributed by atoms with Crippen molar-refractivity contribution >= 4 is 28.4 Å². The van der Waals surface area contributed by atoms with Gasteiger partial charge in [0.05, 0.1) is 12.6 Å². The predicted octanol–water partition coefficient (Wildman–Crippen LogP) is 3.40. The Labute approximate surface area is 191 Å². The van der Waals surface area contributed by atoms with Crippen LogP contribution in [0.2, 0.25) is 0 Å². The van der Waals surface area contributed by atoms with Crippen LogP contribution in [-0.4, -0.2) is 63.2 Å². The van der Waals surface area contributed by atoms with Gasteiger partial charge in [-0.2, -0.15) is 0 Å². The Balaban J connectivity index is 1.45. The Hall–Kier alpha value is -3.68. The van der Waals surface area contributed by atoms with Crippen LogP contribution in [0.25, 0.3) is 27.9 Å². The van der Waals surface area contributed by atoms with Gasteiger partial charge in [0, 0.05) is 42.5 Å². The molecule has 0 N–H and O–H groups in total. The molecule has 6 rings (SSSR count). The van der Waals surface area contributed by atoms with Gasteiger partial charge in [0.1, 0.15) is 5.75 Å². The van der Waals surface area contributed by atoms with Crippen molar-refractivity contribution in [3.63, 3.8) is 0 Å². The number of carbonyl (C=O) groups is 1. The average molecular weight is 443 g/mol. The van der Waals surface area contributed by atoms with Crippen molar-refractivity contribution in [3.05, 3.63) is 48.5 Å². The topological polar surface area (TPSA) is 75.9 Å². The van der Waals surface area contributed by atoms with E-state index < -0.39 is 0 Å². The first-order valence-corrected chi connectivity index (χ1v) is 11.5. The molecule has 1 aliphatic heterocycles. The molecule has 2 aromatic carbocycles. The molecule has 2 aromatic heterocycles. The van der Waals surface area contributed by atoms with Crippen LogP contribution in [0.4, 0.5) is 5.95 Å². The first-order valence-electron chi connectivity index (χ1n) is 11.5. The minimum absolute atomic E-state index is 0.121. The molecule has 0 bridgehead atoms. The second kappa shape index (κ2) is 7.72. The number of nitrogens with zero attached hydrogens (tertiary/aromatic N) is 6. The lowest BCUT2D eigenvalue weighted by Gasteiger charge is -2.40. The SMILES string of the molecule is COc1ccc(-c2nnc3c4ccccc4nc(N4CCN(C(=O)C5CC5)C(C)C4)n23)cc1. The fourth-order valence-electron chi connectivity index (χ4n) is 4.74. The van der Waals surface area contributed by atoms with E-state index >= 15 is 0 Å². The number of aromatic nitrogens is 4. The number of methoxy groups -OCH3 is 1. The molecule has 1 saturated heterocycles. The van der Waals surface area contributed by atoms with Crippen LogP contribution in [0.3, 0.4) is 0 Å². The maximum atomic E-state index is 12.7. The van der Waals surface area contributed by atoms with Crippen LogP contribution in [0.15, 0.2) is 48.5 Å². The molecule has 1 aliphatic carbocycles. The van der Waals surface area contributed by atoms with E-state index in [-0.39, 0.29) is 12.0 Å². The van der Waals surface area contributed by atoms with E-state index in [0.29, 0.717) is 12.5 Å². The Morgan fingerprint density at radius 3 is 2.55 bits per heavy atom. The molecule has 0 radical (unpaired) electrons. The minimum atomic E-state index is 0.121. The van der Waals surface area contributed by atoms with Crippen LogP contribution in [0.5, 0.6) is 5.75 Å². The number of anilines is 1. The van der Waals surface area contributed by atoms with Gasteiger partial charge >= 0.3 is 0 Å². The zero-order chi connectivity index (χ0) is 22.5. The van der Waals surface area contributed by atoms with Crippen LogP contribution < -0.4 is 9.64 Å². The number of hydrogen-bond donors (Lipinski definition) is 0. The molecule has 33 heavy (non-hydrogen) atoms. The summed E-state index contributed by atoms with van der Waals surface area (Å²) in [5.41, 5.74) is 2.61. The van der Waals surface area contributed by atoms with E-state index in [9.17, 15) is 4.79 Å². The van der Waals surface area contributed by atoms with Crippen molar-refractivity contribution in [2.24, 2.45) is 5.92 Å². The molecule has 1 saturated carbocycles. The Bertz CT molecular complexity index is 1340. The molecule has 8 nitrogen and oxygen atoms in total. The van der Waals surface area contributed by atoms with E-state index in [1.54, 1.807) is 7.11 Å². The van der Waals surface area contributed by atoms with E-state index in [1.165, 1.54) is 0 Å². The van der Waals surface area contributed by atoms with Crippen molar-refractivity contribution in [1.82, 2.24) is 24.5 Å². The van der Waals surface area contributed by atoms with Crippen molar-refractivity contribution in [2.75, 3.05) is 31.6 Å². The van der Waals surface area contributed by atoms with Crippen molar-refractivity contribution in [3.8, 4) is 17.1 Å². The number of benzene rings is 2. The number of rotatable bonds is 4. The highest BCUT2D eigenvalue weighted by atomic mass is 16.5. The highest BCUT2D eigenvalue weighted by molar-refractivity contribution is 5.93. The van der Waals surface area contributed by atoms with Crippen LogP contribution in [0.1, 0.15) is 19.8 Å². The molecule has 0 spiro atoms. The fraction of sp³-hybridized carbons (Fsp3) is 0.360. The highest BCUT2D eigenvalue weighted by Crippen LogP contribution is 2.34. The van der Waals surface area contributed by atoms with Gasteiger partial charge < -0.3 is 14.5 Å². The van der Waals surface area contributed by atoms with Gasteiger partial charge in [0.2, 0.25) is 11.9 Å². The number of amides is 1. The summed E-state index contributed by atoms with van der Waals surface area (Å²) >= 11 is 0. The van der Waals surface area contributed by atoms with E-state index in [2.05, 4.69) is 26.4 Å². The summed E-state index contributed by atoms with van der Waals surface area (Å²) in [6.07, 6.45) is 2.06. The molecule has 1 amide bonds. The zero-order valence-corrected chi connectivity index (χ0v) is 18.8. The van der Waals surface area contributed by atoms with E-state index in [4.69, 9.17) is 9.72 Å². The predicted molar refractivity (Wildman–Crippen MR) is 126 cm³/mol. The lowest BCUT2D eigenvalue weighted by Crippen LogP contribution is -2.55. The number of piperazine rings is 1. The summed E-state index contributed by atoms with van der Waals surface area (Å²) in [6, 6.07) is 16.0. The third-order valence-electron chi connectivity index (χ3n) is 6.70.